The van der Waals surface area contributed by atoms with Gasteiger partial charge in [-0.2, -0.15) is 0 Å². The smallest absolute Gasteiger partial charge is 0.303 e. The van der Waals surface area contributed by atoms with E-state index < -0.39 is 5.97 Å². The van der Waals surface area contributed by atoms with E-state index in [9.17, 15) is 9.59 Å². The quantitative estimate of drug-likeness (QED) is 0.583. The average molecular weight is 330 g/mol. The fourth-order valence-electron chi connectivity index (χ4n) is 2.89. The number of hydrogen-bond acceptors (Lipinski definition) is 2. The molecule has 0 bridgehead atoms. The number of unbranched alkanes of at least 4 members (excludes halogenated alkanes) is 3. The predicted octanol–water partition coefficient (Wildman–Crippen LogP) is 3.56. The van der Waals surface area contributed by atoms with Crippen molar-refractivity contribution in [2.75, 3.05) is 6.54 Å². The van der Waals surface area contributed by atoms with Gasteiger partial charge in [0.05, 0.1) is 0 Å². The van der Waals surface area contributed by atoms with Gasteiger partial charge in [0.1, 0.15) is 0 Å². The van der Waals surface area contributed by atoms with Crippen molar-refractivity contribution in [3.8, 4) is 0 Å². The minimum absolute atomic E-state index is 0.0718. The van der Waals surface area contributed by atoms with Crippen LogP contribution in [0.1, 0.15) is 49.7 Å². The maximum Gasteiger partial charge on any atom is 0.303 e. The molecule has 0 spiro atoms. The van der Waals surface area contributed by atoms with Crippen LogP contribution in [0.15, 0.2) is 24.4 Å². The Hall–Kier alpha value is -2.30. The normalized spacial score (nSPS) is 10.9. The topological polar surface area (TPSA) is 82.2 Å². The van der Waals surface area contributed by atoms with E-state index in [2.05, 4.69) is 29.4 Å². The van der Waals surface area contributed by atoms with Crippen molar-refractivity contribution >= 4 is 22.8 Å². The lowest BCUT2D eigenvalue weighted by molar-refractivity contribution is -0.137. The molecule has 0 saturated carbocycles. The molecule has 24 heavy (non-hydrogen) atoms. The monoisotopic (exact) mass is 330 g/mol. The van der Waals surface area contributed by atoms with Crippen molar-refractivity contribution in [1.29, 1.82) is 0 Å². The van der Waals surface area contributed by atoms with E-state index in [1.54, 1.807) is 0 Å². The first-order valence-electron chi connectivity index (χ1n) is 8.62. The second-order valence-corrected chi connectivity index (χ2v) is 6.22. The number of para-hydroxylation sites is 1. The summed E-state index contributed by atoms with van der Waals surface area (Å²) in [6, 6.07) is 6.20. The highest BCUT2D eigenvalue weighted by atomic mass is 16.4. The molecule has 0 atom stereocenters. The number of benzene rings is 1. The van der Waals surface area contributed by atoms with Gasteiger partial charge in [-0.1, -0.05) is 31.0 Å². The first kappa shape index (κ1) is 18.0. The van der Waals surface area contributed by atoms with Gasteiger partial charge in [0, 0.05) is 36.5 Å². The molecule has 1 heterocycles. The summed E-state index contributed by atoms with van der Waals surface area (Å²) in [6.07, 6.45) is 6.91. The number of nitrogens with one attached hydrogen (secondary N) is 2. The predicted molar refractivity (Wildman–Crippen MR) is 95.1 cm³/mol. The lowest BCUT2D eigenvalue weighted by atomic mass is 10.1. The van der Waals surface area contributed by atoms with E-state index in [-0.39, 0.29) is 12.3 Å². The molecule has 1 aromatic carbocycles. The van der Waals surface area contributed by atoms with Crippen molar-refractivity contribution < 1.29 is 14.7 Å². The highest BCUT2D eigenvalue weighted by Crippen LogP contribution is 2.22. The molecule has 1 aromatic heterocycles. The van der Waals surface area contributed by atoms with Crippen LogP contribution >= 0.6 is 0 Å². The van der Waals surface area contributed by atoms with Gasteiger partial charge >= 0.3 is 5.97 Å². The molecule has 0 aliphatic rings. The lowest BCUT2D eigenvalue weighted by Crippen LogP contribution is -2.24. The lowest BCUT2D eigenvalue weighted by Gasteiger charge is -2.05. The van der Waals surface area contributed by atoms with Crippen LogP contribution in [0.4, 0.5) is 0 Å². The van der Waals surface area contributed by atoms with Gasteiger partial charge < -0.3 is 15.4 Å². The number of carbonyl (C=O) groups excluding carboxylic acids is 1. The maximum absolute atomic E-state index is 11.9. The molecule has 3 N–H and O–H groups in total. The minimum Gasteiger partial charge on any atom is -0.481 e. The molecular weight excluding hydrogens is 304 g/mol. The first-order valence-corrected chi connectivity index (χ1v) is 8.62. The van der Waals surface area contributed by atoms with E-state index in [0.717, 1.165) is 31.2 Å². The second kappa shape index (κ2) is 9.11. The Morgan fingerprint density at radius 2 is 1.92 bits per heavy atom. The summed E-state index contributed by atoms with van der Waals surface area (Å²) in [5, 5.41) is 12.7. The van der Waals surface area contributed by atoms with Gasteiger partial charge in [-0.25, -0.2) is 0 Å². The third-order valence-electron chi connectivity index (χ3n) is 4.27. The minimum atomic E-state index is -0.740. The molecule has 0 aliphatic carbocycles. The van der Waals surface area contributed by atoms with Crippen molar-refractivity contribution in [2.24, 2.45) is 0 Å². The van der Waals surface area contributed by atoms with Gasteiger partial charge in [0.25, 0.3) is 0 Å². The van der Waals surface area contributed by atoms with Gasteiger partial charge in [0.2, 0.25) is 5.91 Å². The summed E-state index contributed by atoms with van der Waals surface area (Å²) in [4.78, 5) is 25.6. The third kappa shape index (κ3) is 5.41. The van der Waals surface area contributed by atoms with Crippen molar-refractivity contribution in [2.45, 2.75) is 51.9 Å². The first-order chi connectivity index (χ1) is 11.6. The zero-order valence-electron chi connectivity index (χ0n) is 14.2. The molecule has 0 fully saturated rings. The Labute approximate surface area is 142 Å². The maximum atomic E-state index is 11.9. The summed E-state index contributed by atoms with van der Waals surface area (Å²) in [7, 11) is 0. The van der Waals surface area contributed by atoms with E-state index in [1.807, 2.05) is 12.3 Å². The Balaban J connectivity index is 1.64. The fraction of sp³-hybridized carbons (Fsp3) is 0.474. The van der Waals surface area contributed by atoms with Crippen molar-refractivity contribution in [1.82, 2.24) is 10.3 Å². The highest BCUT2D eigenvalue weighted by molar-refractivity contribution is 5.86. The number of hydrogen-bond donors (Lipinski definition) is 3. The number of carboxylic acid groups (broad SMARTS) is 1. The molecule has 0 unspecified atom stereocenters. The van der Waals surface area contributed by atoms with Crippen LogP contribution in [0.3, 0.4) is 0 Å². The number of amides is 1. The summed E-state index contributed by atoms with van der Waals surface area (Å²) in [5.74, 6) is -0.668. The molecule has 130 valence electrons. The number of aliphatic carboxylic acids is 1. The summed E-state index contributed by atoms with van der Waals surface area (Å²) >= 11 is 0. The van der Waals surface area contributed by atoms with Gasteiger partial charge in [0.15, 0.2) is 0 Å². The average Bonchev–Trinajstić information content (AvgIpc) is 2.96. The van der Waals surface area contributed by atoms with Crippen molar-refractivity contribution in [3.63, 3.8) is 0 Å². The highest BCUT2D eigenvalue weighted by Gasteiger charge is 2.07. The SMILES string of the molecule is Cc1cccc2c(CCC(=O)NCCCCCCC(=O)O)c[nH]c12. The van der Waals surface area contributed by atoms with Crippen LogP contribution in [0.25, 0.3) is 10.9 Å². The van der Waals surface area contributed by atoms with Gasteiger partial charge in [-0.05, 0) is 37.3 Å². The molecule has 5 heteroatoms. The summed E-state index contributed by atoms with van der Waals surface area (Å²) < 4.78 is 0. The van der Waals surface area contributed by atoms with Crippen LogP contribution < -0.4 is 5.32 Å². The van der Waals surface area contributed by atoms with E-state index in [1.165, 1.54) is 16.5 Å². The van der Waals surface area contributed by atoms with E-state index in [0.29, 0.717) is 19.4 Å². The Morgan fingerprint density at radius 1 is 1.12 bits per heavy atom. The molecule has 2 rings (SSSR count). The molecule has 5 nitrogen and oxygen atoms in total. The number of aromatic nitrogens is 1. The van der Waals surface area contributed by atoms with Crippen LogP contribution in [0.2, 0.25) is 0 Å². The van der Waals surface area contributed by atoms with E-state index >= 15 is 0 Å². The third-order valence-corrected chi connectivity index (χ3v) is 4.27. The zero-order valence-corrected chi connectivity index (χ0v) is 14.2. The van der Waals surface area contributed by atoms with Crippen LogP contribution in [-0.2, 0) is 16.0 Å². The van der Waals surface area contributed by atoms with Crippen molar-refractivity contribution in [3.05, 3.63) is 35.5 Å². The fourth-order valence-corrected chi connectivity index (χ4v) is 2.89. The largest absolute Gasteiger partial charge is 0.481 e. The van der Waals surface area contributed by atoms with Gasteiger partial charge in [-0.15, -0.1) is 0 Å². The molecule has 0 aliphatic heterocycles. The standard InChI is InChI=1S/C19H26N2O3/c1-14-7-6-8-16-15(13-21-19(14)16)10-11-17(22)20-12-5-3-2-4-9-18(23)24/h6-8,13,21H,2-5,9-12H2,1H3,(H,20,22)(H,23,24). The van der Waals surface area contributed by atoms with Crippen LogP contribution in [0, 0.1) is 6.92 Å². The molecule has 0 radical (unpaired) electrons. The number of carbonyl (C=O) groups is 2. The molecule has 2 aromatic rings. The van der Waals surface area contributed by atoms with E-state index in [4.69, 9.17) is 5.11 Å². The number of carboxylic acids is 1. The molecular formula is C19H26N2O3. The summed E-state index contributed by atoms with van der Waals surface area (Å²) in [6.45, 7) is 2.74. The van der Waals surface area contributed by atoms with Gasteiger partial charge in [-0.3, -0.25) is 9.59 Å². The molecule has 0 saturated heterocycles. The number of rotatable bonds is 10. The zero-order chi connectivity index (χ0) is 17.4. The van der Waals surface area contributed by atoms with Crippen LogP contribution in [-0.4, -0.2) is 28.5 Å². The Kier molecular flexibility index (Phi) is 6.85. The van der Waals surface area contributed by atoms with Crippen LogP contribution in [0.5, 0.6) is 0 Å². The summed E-state index contributed by atoms with van der Waals surface area (Å²) in [5.41, 5.74) is 3.54. The number of aryl methyl sites for hydroxylation is 2. The Bertz CT molecular complexity index is 691. The number of fused-ring (bicyclic) bond motifs is 1. The number of aromatic amines is 1. The second-order valence-electron chi connectivity index (χ2n) is 6.22. The molecule has 1 amide bonds. The number of H-pyrrole nitrogens is 1. The Morgan fingerprint density at radius 3 is 2.71 bits per heavy atom.